The van der Waals surface area contributed by atoms with Gasteiger partial charge >= 0.3 is 0 Å². The molecule has 360 valence electrons. The molecule has 14 nitrogen and oxygen atoms in total. The van der Waals surface area contributed by atoms with Gasteiger partial charge in [-0.25, -0.2) is 0 Å². The third-order valence-corrected chi connectivity index (χ3v) is 14.2. The largest absolute Gasteiger partial charge is 0.496 e. The molecule has 0 radical (unpaired) electrons. The van der Waals surface area contributed by atoms with E-state index in [1.807, 2.05) is 23.1 Å². The topological polar surface area (TPSA) is 179 Å². The Morgan fingerprint density at radius 1 is 1.00 bits per heavy atom. The Kier molecular flexibility index (Phi) is 17.3. The molecule has 67 heavy (non-hydrogen) atoms. The molecule has 0 unspecified atom stereocenters. The Morgan fingerprint density at radius 3 is 2.42 bits per heavy atom. The fourth-order valence-corrected chi connectivity index (χ4v) is 11.1. The highest BCUT2D eigenvalue weighted by Crippen LogP contribution is 2.62. The minimum atomic E-state index is -1.39. The number of nitro benzene ring substituents is 1. The number of oxime groups is 1. The van der Waals surface area contributed by atoms with Crippen LogP contribution in [-0.2, 0) is 21.0 Å². The number of unbranched alkanes of at least 4 members (excludes halogenated alkanes) is 2. The Morgan fingerprint density at radius 2 is 1.73 bits per heavy atom. The second-order valence-corrected chi connectivity index (χ2v) is 18.4. The molecule has 14 heteroatoms. The molecule has 7 rings (SSSR count). The second-order valence-electron chi connectivity index (χ2n) is 18.4. The zero-order valence-electron chi connectivity index (χ0n) is 39.0. The zero-order chi connectivity index (χ0) is 47.3. The second kappa shape index (κ2) is 23.4. The number of aliphatic hydroxyl groups excluding tert-OH is 2. The Hall–Kier alpha value is -5.57. The van der Waals surface area contributed by atoms with E-state index < -0.39 is 22.7 Å². The van der Waals surface area contributed by atoms with E-state index in [4.69, 9.17) is 28.9 Å². The molecule has 3 aromatic rings. The maximum Gasteiger partial charge on any atom is 0.269 e. The van der Waals surface area contributed by atoms with E-state index in [2.05, 4.69) is 19.6 Å². The summed E-state index contributed by atoms with van der Waals surface area (Å²) in [5.74, 6) is 0.453. The van der Waals surface area contributed by atoms with E-state index in [-0.39, 0.29) is 62.2 Å². The number of allylic oxidation sites excluding steroid dienone is 1. The van der Waals surface area contributed by atoms with Crippen molar-refractivity contribution in [1.29, 1.82) is 0 Å². The summed E-state index contributed by atoms with van der Waals surface area (Å²) < 4.78 is 26.4. The van der Waals surface area contributed by atoms with E-state index in [9.17, 15) is 29.9 Å². The molecular weight excluding hydrogens is 855 g/mol. The number of carbonyl (C=O) groups is 2. The molecule has 2 fully saturated rings. The molecule has 3 aromatic carbocycles. The Labute approximate surface area is 394 Å². The maximum atomic E-state index is 14.9. The molecule has 6 atom stereocenters. The molecule has 1 amide bonds. The van der Waals surface area contributed by atoms with Crippen LogP contribution in [0.4, 0.5) is 5.69 Å². The molecule has 3 aliphatic carbocycles. The third kappa shape index (κ3) is 11.2. The Bertz CT molecular complexity index is 2240. The summed E-state index contributed by atoms with van der Waals surface area (Å²) in [5, 5.41) is 36.3. The number of rotatable bonds is 25. The standard InChI is InChI=1S/C53H67N3O11/c1-4-26-55(50(60)25-18-36-12-6-7-13-36)49-33-46(54-65-35-37-16-19-40(20-17-37)56(61)62)44-31-38(14-8-10-27-57)43(15-9-11-28-58)51-45-32-42(66-41-21-23-47(63-3)39(30-41)34-59)22-24-48(45)67-53(49,52(44)51)64-29-5-2/h5,16-17,19-24,30-32,34,36,38,43,49,51-52,57-58H,2,4,6-15,18,25-29,33,35H2,1,3H3/t38-,43+,49-,51+,52+,53+/m0/s1. The molecule has 1 aliphatic heterocycles. The van der Waals surface area contributed by atoms with Gasteiger partial charge in [-0.1, -0.05) is 62.8 Å². The first-order valence-corrected chi connectivity index (χ1v) is 24.2. The number of carbonyl (C=O) groups excluding carboxylic acids is 2. The van der Waals surface area contributed by atoms with Crippen molar-refractivity contribution in [3.05, 3.63) is 112 Å². The number of amides is 1. The van der Waals surface area contributed by atoms with E-state index in [1.165, 1.54) is 32.1 Å². The molecule has 0 aromatic heterocycles. The van der Waals surface area contributed by atoms with Crippen LogP contribution >= 0.6 is 0 Å². The number of benzene rings is 3. The zero-order valence-corrected chi connectivity index (χ0v) is 39.0. The first kappa shape index (κ1) is 49.3. The van der Waals surface area contributed by atoms with Gasteiger partial charge in [0.15, 0.2) is 6.29 Å². The van der Waals surface area contributed by atoms with Crippen LogP contribution in [0.5, 0.6) is 23.0 Å². The highest BCUT2D eigenvalue weighted by Gasteiger charge is 2.65. The fraction of sp³-hybridized carbons (Fsp3) is 0.528. The van der Waals surface area contributed by atoms with Crippen molar-refractivity contribution < 1.29 is 48.5 Å². The van der Waals surface area contributed by atoms with Gasteiger partial charge in [0, 0.05) is 56.2 Å². The smallest absolute Gasteiger partial charge is 0.269 e. The first-order chi connectivity index (χ1) is 32.7. The van der Waals surface area contributed by atoms with Crippen molar-refractivity contribution in [3.8, 4) is 23.0 Å². The van der Waals surface area contributed by atoms with Crippen molar-refractivity contribution in [2.45, 2.75) is 121 Å². The van der Waals surface area contributed by atoms with Gasteiger partial charge in [0.2, 0.25) is 11.7 Å². The number of fused-ring (bicyclic) bond motifs is 2. The van der Waals surface area contributed by atoms with E-state index in [0.29, 0.717) is 78.0 Å². The first-order valence-electron chi connectivity index (χ1n) is 24.2. The summed E-state index contributed by atoms with van der Waals surface area (Å²) in [5.41, 5.74) is 3.52. The van der Waals surface area contributed by atoms with Crippen molar-refractivity contribution in [2.24, 2.45) is 28.8 Å². The SMILES string of the molecule is C=CCO[C@@]12Oc3ccc(Oc4ccc(OC)c(C=O)c4)cc3[C@H]3[C@H](CCCCO)[C@@H](CCCCO)C=C(C(=NOCc4ccc([N+](=O)[O-])cc4)C[C@@H]1N(CCC)C(=O)CCC1CCCC1)[C@H]32. The predicted octanol–water partition coefficient (Wildman–Crippen LogP) is 10.3. The number of aliphatic hydroxyl groups is 2. The fourth-order valence-electron chi connectivity index (χ4n) is 11.1. The van der Waals surface area contributed by atoms with Crippen LogP contribution in [0.15, 0.2) is 90.1 Å². The van der Waals surface area contributed by atoms with E-state index >= 15 is 0 Å². The number of aldehydes is 1. The monoisotopic (exact) mass is 921 g/mol. The number of nitro groups is 1. The summed E-state index contributed by atoms with van der Waals surface area (Å²) >= 11 is 0. The van der Waals surface area contributed by atoms with E-state index in [1.54, 1.807) is 36.4 Å². The maximum absolute atomic E-state index is 14.9. The summed E-state index contributed by atoms with van der Waals surface area (Å²) in [4.78, 5) is 46.0. The van der Waals surface area contributed by atoms with Gasteiger partial charge in [-0.05, 0) is 116 Å². The van der Waals surface area contributed by atoms with Crippen molar-refractivity contribution in [3.63, 3.8) is 0 Å². The molecule has 1 heterocycles. The van der Waals surface area contributed by atoms with Crippen LogP contribution in [0.25, 0.3) is 0 Å². The van der Waals surface area contributed by atoms with Gasteiger partial charge < -0.3 is 38.9 Å². The lowest BCUT2D eigenvalue weighted by atomic mass is 9.55. The number of methoxy groups -OCH3 is 1. The summed E-state index contributed by atoms with van der Waals surface area (Å²) in [6, 6.07) is 16.4. The number of non-ortho nitro benzene ring substituents is 1. The summed E-state index contributed by atoms with van der Waals surface area (Å²) in [7, 11) is 1.51. The van der Waals surface area contributed by atoms with Gasteiger partial charge in [0.25, 0.3) is 5.69 Å². The quantitative estimate of drug-likeness (QED) is 0.0272. The molecular formula is C53H67N3O11. The number of nitrogens with zero attached hydrogens (tertiary/aromatic N) is 3. The molecule has 0 saturated heterocycles. The molecule has 2 saturated carbocycles. The Balaban J connectivity index is 1.40. The lowest BCUT2D eigenvalue weighted by Crippen LogP contribution is -2.70. The predicted molar refractivity (Wildman–Crippen MR) is 254 cm³/mol. The number of hydrogen-bond donors (Lipinski definition) is 2. The molecule has 4 aliphatic rings. The van der Waals surface area contributed by atoms with E-state index in [0.717, 1.165) is 62.4 Å². The summed E-state index contributed by atoms with van der Waals surface area (Å²) in [6.45, 7) is 6.94. The lowest BCUT2D eigenvalue weighted by molar-refractivity contribution is -0.384. The summed E-state index contributed by atoms with van der Waals surface area (Å²) in [6.07, 6.45) is 16.0. The van der Waals surface area contributed by atoms with Gasteiger partial charge in [0.05, 0.1) is 35.8 Å². The molecule has 0 spiro atoms. The normalized spacial score (nSPS) is 23.6. The van der Waals surface area contributed by atoms with Gasteiger partial charge in [-0.3, -0.25) is 19.7 Å². The average molecular weight is 922 g/mol. The minimum absolute atomic E-state index is 0.00460. The highest BCUT2D eigenvalue weighted by atomic mass is 16.7. The van der Waals surface area contributed by atoms with Crippen LogP contribution < -0.4 is 14.2 Å². The van der Waals surface area contributed by atoms with Crippen LogP contribution in [0.3, 0.4) is 0 Å². The van der Waals surface area contributed by atoms with Gasteiger partial charge in [0.1, 0.15) is 35.6 Å². The minimum Gasteiger partial charge on any atom is -0.496 e. The van der Waals surface area contributed by atoms with Crippen LogP contribution in [0.2, 0.25) is 0 Å². The molecule has 0 bridgehead atoms. The van der Waals surface area contributed by atoms with Crippen molar-refractivity contribution in [2.75, 3.05) is 33.5 Å². The van der Waals surface area contributed by atoms with Crippen molar-refractivity contribution in [1.82, 2.24) is 4.90 Å². The average Bonchev–Trinajstić information content (AvgIpc) is 3.87. The van der Waals surface area contributed by atoms with Crippen LogP contribution in [0.1, 0.15) is 124 Å². The lowest BCUT2D eigenvalue weighted by Gasteiger charge is -2.60. The highest BCUT2D eigenvalue weighted by molar-refractivity contribution is 6.03. The number of hydrogen-bond acceptors (Lipinski definition) is 12. The van der Waals surface area contributed by atoms with Crippen molar-refractivity contribution >= 4 is 23.6 Å². The molecule has 2 N–H and O–H groups in total. The van der Waals surface area contributed by atoms with Crippen LogP contribution in [-0.4, -0.2) is 83.2 Å². The number of ether oxygens (including phenoxy) is 4. The van der Waals surface area contributed by atoms with Crippen LogP contribution in [0, 0.1) is 33.8 Å². The van der Waals surface area contributed by atoms with Gasteiger partial charge in [-0.15, -0.1) is 6.58 Å². The third-order valence-electron chi connectivity index (χ3n) is 14.2. The van der Waals surface area contributed by atoms with Gasteiger partial charge in [-0.2, -0.15) is 0 Å².